The first kappa shape index (κ1) is 20.6. The number of primary amides is 1. The number of nitrogens with two attached hydrogens (primary N) is 1. The van der Waals surface area contributed by atoms with Crippen molar-refractivity contribution in [1.82, 2.24) is 9.97 Å². The Labute approximate surface area is 187 Å². The molecule has 2 aromatic heterocycles. The number of rotatable bonds is 5. The number of carbonyl (C=O) groups excluding carboxylic acids is 1. The van der Waals surface area contributed by atoms with Crippen molar-refractivity contribution >= 4 is 61.0 Å². The Morgan fingerprint density at radius 1 is 1.24 bits per heavy atom. The average molecular weight is 491 g/mol. The third kappa shape index (κ3) is 4.44. The average Bonchev–Trinajstić information content (AvgIpc) is 3.01. The fraction of sp³-hybridized carbons (Fsp3) is 0.381. The lowest BCUT2D eigenvalue weighted by Crippen LogP contribution is -2.39. The van der Waals surface area contributed by atoms with Gasteiger partial charge in [0.05, 0.1) is 11.1 Å². The van der Waals surface area contributed by atoms with Crippen LogP contribution in [0.3, 0.4) is 0 Å². The van der Waals surface area contributed by atoms with Crippen molar-refractivity contribution in [3.05, 3.63) is 45.0 Å². The van der Waals surface area contributed by atoms with Crippen LogP contribution in [0.4, 0.5) is 5.82 Å². The summed E-state index contributed by atoms with van der Waals surface area (Å²) < 4.78 is 1.07. The summed E-state index contributed by atoms with van der Waals surface area (Å²) in [5.74, 6) is 2.36. The van der Waals surface area contributed by atoms with Crippen molar-refractivity contribution in [2.45, 2.75) is 37.3 Å². The lowest BCUT2D eigenvalue weighted by molar-refractivity contribution is -0.122. The summed E-state index contributed by atoms with van der Waals surface area (Å²) in [6, 6.07) is 8.30. The van der Waals surface area contributed by atoms with Crippen LogP contribution in [0.1, 0.15) is 29.1 Å². The Kier molecular flexibility index (Phi) is 6.13. The van der Waals surface area contributed by atoms with Gasteiger partial charge < -0.3 is 10.6 Å². The normalized spacial score (nSPS) is 15.2. The summed E-state index contributed by atoms with van der Waals surface area (Å²) >= 11 is 6.95. The molecule has 1 aromatic carbocycles. The van der Waals surface area contributed by atoms with E-state index in [2.05, 4.69) is 46.8 Å². The largest absolute Gasteiger partial charge is 0.369 e. The second-order valence-electron chi connectivity index (χ2n) is 7.33. The van der Waals surface area contributed by atoms with Crippen LogP contribution < -0.4 is 10.6 Å². The molecule has 3 heterocycles. The molecule has 1 aliphatic rings. The van der Waals surface area contributed by atoms with Crippen LogP contribution in [0.15, 0.2) is 33.6 Å². The number of anilines is 1. The van der Waals surface area contributed by atoms with E-state index in [9.17, 15) is 4.79 Å². The van der Waals surface area contributed by atoms with Gasteiger partial charge in [-0.15, -0.1) is 23.1 Å². The maximum atomic E-state index is 11.5. The number of carbonyl (C=O) groups is 1. The van der Waals surface area contributed by atoms with E-state index in [1.54, 1.807) is 23.1 Å². The number of piperidine rings is 1. The van der Waals surface area contributed by atoms with Gasteiger partial charge in [0, 0.05) is 33.3 Å². The zero-order valence-corrected chi connectivity index (χ0v) is 19.7. The molecule has 0 atom stereocenters. The van der Waals surface area contributed by atoms with Crippen LogP contribution >= 0.6 is 39.0 Å². The lowest BCUT2D eigenvalue weighted by Gasteiger charge is -2.32. The van der Waals surface area contributed by atoms with Crippen molar-refractivity contribution in [3.8, 4) is 0 Å². The Morgan fingerprint density at radius 3 is 2.59 bits per heavy atom. The smallest absolute Gasteiger partial charge is 0.220 e. The molecular weight excluding hydrogens is 468 g/mol. The number of thioether (sulfide) groups is 1. The van der Waals surface area contributed by atoms with Crippen LogP contribution in [-0.2, 0) is 10.5 Å². The van der Waals surface area contributed by atoms with Crippen molar-refractivity contribution in [2.24, 2.45) is 11.7 Å². The quantitative estimate of drug-likeness (QED) is 0.505. The number of fused-ring (bicyclic) bond motifs is 1. The molecule has 29 heavy (non-hydrogen) atoms. The molecule has 0 saturated carbocycles. The van der Waals surface area contributed by atoms with Gasteiger partial charge in [-0.25, -0.2) is 9.97 Å². The molecule has 3 aromatic rings. The fourth-order valence-electron chi connectivity index (χ4n) is 3.62. The highest BCUT2D eigenvalue weighted by Gasteiger charge is 2.26. The molecule has 5 nitrogen and oxygen atoms in total. The second-order valence-corrected chi connectivity index (χ2v) is 10.5. The number of benzene rings is 1. The van der Waals surface area contributed by atoms with Crippen molar-refractivity contribution in [2.75, 3.05) is 18.0 Å². The molecule has 1 aliphatic heterocycles. The van der Waals surface area contributed by atoms with Crippen LogP contribution in [0, 0.1) is 19.8 Å². The predicted molar refractivity (Wildman–Crippen MR) is 125 cm³/mol. The first-order chi connectivity index (χ1) is 13.9. The zero-order valence-electron chi connectivity index (χ0n) is 16.4. The highest BCUT2D eigenvalue weighted by atomic mass is 79.9. The van der Waals surface area contributed by atoms with Gasteiger partial charge in [-0.05, 0) is 56.5 Å². The number of halogens is 1. The summed E-state index contributed by atoms with van der Waals surface area (Å²) in [4.78, 5) is 27.2. The first-order valence-electron chi connectivity index (χ1n) is 9.61. The predicted octanol–water partition coefficient (Wildman–Crippen LogP) is 5.06. The summed E-state index contributed by atoms with van der Waals surface area (Å²) in [7, 11) is 0. The molecular formula is C21H23BrN4OS2. The van der Waals surface area contributed by atoms with Crippen LogP contribution in [0.5, 0.6) is 0 Å². The van der Waals surface area contributed by atoms with Gasteiger partial charge in [0.2, 0.25) is 5.91 Å². The summed E-state index contributed by atoms with van der Waals surface area (Å²) in [6.45, 7) is 5.88. The Balaban J connectivity index is 1.63. The SMILES string of the molecule is Cc1sc2nc(CSc3ccc(Br)cc3)nc(N3CCC(C(N)=O)CC3)c2c1C. The van der Waals surface area contributed by atoms with Crippen molar-refractivity contribution < 1.29 is 4.79 Å². The molecule has 0 aliphatic carbocycles. The number of hydrogen-bond acceptors (Lipinski definition) is 6. The Morgan fingerprint density at radius 2 is 1.93 bits per heavy atom. The monoisotopic (exact) mass is 490 g/mol. The maximum absolute atomic E-state index is 11.5. The molecule has 8 heteroatoms. The highest BCUT2D eigenvalue weighted by Crippen LogP contribution is 2.37. The minimum absolute atomic E-state index is 0.0266. The van der Waals surface area contributed by atoms with Crippen LogP contribution in [0.25, 0.3) is 10.2 Å². The van der Waals surface area contributed by atoms with Crippen LogP contribution in [0.2, 0.25) is 0 Å². The summed E-state index contributed by atoms with van der Waals surface area (Å²) in [5, 5.41) is 1.16. The van der Waals surface area contributed by atoms with Gasteiger partial charge in [-0.3, -0.25) is 4.79 Å². The van der Waals surface area contributed by atoms with Gasteiger partial charge in [0.25, 0.3) is 0 Å². The van der Waals surface area contributed by atoms with Crippen LogP contribution in [-0.4, -0.2) is 29.0 Å². The van der Waals surface area contributed by atoms with Crippen molar-refractivity contribution in [3.63, 3.8) is 0 Å². The number of thiophene rings is 1. The number of aromatic nitrogens is 2. The van der Waals surface area contributed by atoms with Gasteiger partial charge in [-0.1, -0.05) is 15.9 Å². The van der Waals surface area contributed by atoms with E-state index in [1.807, 2.05) is 12.1 Å². The number of aryl methyl sites for hydroxylation is 2. The van der Waals surface area contributed by atoms with Crippen molar-refractivity contribution in [1.29, 1.82) is 0 Å². The van der Waals surface area contributed by atoms with Gasteiger partial charge in [0.1, 0.15) is 16.5 Å². The number of hydrogen-bond donors (Lipinski definition) is 1. The van der Waals surface area contributed by atoms with E-state index >= 15 is 0 Å². The minimum atomic E-state index is -0.188. The topological polar surface area (TPSA) is 72.1 Å². The number of nitrogens with zero attached hydrogens (tertiary/aromatic N) is 3. The lowest BCUT2D eigenvalue weighted by atomic mass is 9.96. The molecule has 1 amide bonds. The zero-order chi connectivity index (χ0) is 20.5. The Bertz CT molecular complexity index is 1040. The molecule has 0 spiro atoms. The van der Waals surface area contributed by atoms with E-state index in [0.29, 0.717) is 0 Å². The number of amides is 1. The second kappa shape index (κ2) is 8.62. The molecule has 2 N–H and O–H groups in total. The minimum Gasteiger partial charge on any atom is -0.369 e. The van der Waals surface area contributed by atoms with E-state index in [0.717, 1.165) is 58.0 Å². The molecule has 4 rings (SSSR count). The molecule has 0 unspecified atom stereocenters. The van der Waals surface area contributed by atoms with Gasteiger partial charge >= 0.3 is 0 Å². The fourth-order valence-corrected chi connectivity index (χ4v) is 5.68. The molecule has 0 radical (unpaired) electrons. The summed E-state index contributed by atoms with van der Waals surface area (Å²) in [5.41, 5.74) is 6.76. The molecule has 152 valence electrons. The summed E-state index contributed by atoms with van der Waals surface area (Å²) in [6.07, 6.45) is 1.57. The van der Waals surface area contributed by atoms with E-state index in [1.165, 1.54) is 15.3 Å². The van der Waals surface area contributed by atoms with E-state index in [-0.39, 0.29) is 11.8 Å². The van der Waals surface area contributed by atoms with Gasteiger partial charge in [0.15, 0.2) is 0 Å². The third-order valence-electron chi connectivity index (χ3n) is 5.43. The molecule has 1 saturated heterocycles. The molecule has 1 fully saturated rings. The standard InChI is InChI=1S/C21H23BrN4OS2/c1-12-13(2)29-21-18(12)20(26-9-7-14(8-10-26)19(23)27)24-17(25-21)11-28-16-5-3-15(22)4-6-16/h3-6,14H,7-11H2,1-2H3,(H2,23,27). The molecule has 0 bridgehead atoms. The van der Waals surface area contributed by atoms with Gasteiger partial charge in [-0.2, -0.15) is 0 Å². The van der Waals surface area contributed by atoms with E-state index in [4.69, 9.17) is 15.7 Å². The third-order valence-corrected chi connectivity index (χ3v) is 8.07. The highest BCUT2D eigenvalue weighted by molar-refractivity contribution is 9.10. The van der Waals surface area contributed by atoms with E-state index < -0.39 is 0 Å². The first-order valence-corrected chi connectivity index (χ1v) is 12.2. The Hall–Kier alpha value is -1.64. The maximum Gasteiger partial charge on any atom is 0.220 e.